The van der Waals surface area contributed by atoms with Gasteiger partial charge in [0.2, 0.25) is 6.41 Å². The minimum absolute atomic E-state index is 0.273. The van der Waals surface area contributed by atoms with Gasteiger partial charge in [0.25, 0.3) is 0 Å². The van der Waals surface area contributed by atoms with Gasteiger partial charge in [-0.3, -0.25) is 9.89 Å². The summed E-state index contributed by atoms with van der Waals surface area (Å²) in [4.78, 5) is 13.1. The van der Waals surface area contributed by atoms with E-state index in [1.807, 2.05) is 18.2 Å². The molecule has 1 aliphatic carbocycles. The molecule has 1 aliphatic rings. The molecular formula is C17H14FN3O. The van der Waals surface area contributed by atoms with Gasteiger partial charge >= 0.3 is 0 Å². The molecule has 0 unspecified atom stereocenters. The van der Waals surface area contributed by atoms with Crippen molar-refractivity contribution in [2.45, 2.75) is 18.9 Å². The molecule has 1 fully saturated rings. The van der Waals surface area contributed by atoms with E-state index in [2.05, 4.69) is 10.2 Å². The molecule has 1 N–H and O–H groups in total. The lowest BCUT2D eigenvalue weighted by Gasteiger charge is -2.16. The van der Waals surface area contributed by atoms with Crippen molar-refractivity contribution in [2.75, 3.05) is 4.90 Å². The van der Waals surface area contributed by atoms with Crippen molar-refractivity contribution in [1.29, 1.82) is 0 Å². The van der Waals surface area contributed by atoms with Crippen LogP contribution in [0.2, 0.25) is 0 Å². The number of rotatable bonds is 4. The van der Waals surface area contributed by atoms with Gasteiger partial charge in [0.15, 0.2) is 0 Å². The SMILES string of the molecule is O=CN(c1ccc2[nH]nc(-c3ccc(F)cc3)c2c1)C1CC1. The Balaban J connectivity index is 1.82. The Hall–Kier alpha value is -2.69. The summed E-state index contributed by atoms with van der Waals surface area (Å²) in [5.41, 5.74) is 3.37. The minimum atomic E-state index is -0.273. The number of benzene rings is 2. The number of hydrogen-bond donors (Lipinski definition) is 1. The molecule has 0 spiro atoms. The number of nitrogens with zero attached hydrogens (tertiary/aromatic N) is 2. The fraction of sp³-hybridized carbons (Fsp3) is 0.176. The van der Waals surface area contributed by atoms with Crippen LogP contribution in [0.25, 0.3) is 22.2 Å². The van der Waals surface area contributed by atoms with Crippen molar-refractivity contribution in [3.8, 4) is 11.3 Å². The van der Waals surface area contributed by atoms with E-state index in [0.29, 0.717) is 6.04 Å². The molecular weight excluding hydrogens is 281 g/mol. The first-order valence-corrected chi connectivity index (χ1v) is 7.24. The predicted octanol–water partition coefficient (Wildman–Crippen LogP) is 3.49. The van der Waals surface area contributed by atoms with Gasteiger partial charge in [-0.05, 0) is 55.3 Å². The van der Waals surface area contributed by atoms with Crippen molar-refractivity contribution >= 4 is 23.0 Å². The molecule has 22 heavy (non-hydrogen) atoms. The van der Waals surface area contributed by atoms with Gasteiger partial charge in [-0.1, -0.05) is 0 Å². The lowest BCUT2D eigenvalue weighted by molar-refractivity contribution is -0.107. The molecule has 0 bridgehead atoms. The lowest BCUT2D eigenvalue weighted by Crippen LogP contribution is -2.23. The summed E-state index contributed by atoms with van der Waals surface area (Å²) < 4.78 is 13.1. The van der Waals surface area contributed by atoms with Crippen molar-refractivity contribution < 1.29 is 9.18 Å². The lowest BCUT2D eigenvalue weighted by atomic mass is 10.1. The number of aromatic amines is 1. The second kappa shape index (κ2) is 4.94. The molecule has 1 amide bonds. The average molecular weight is 295 g/mol. The van der Waals surface area contributed by atoms with Crippen LogP contribution in [0.15, 0.2) is 42.5 Å². The quantitative estimate of drug-likeness (QED) is 0.749. The molecule has 0 atom stereocenters. The van der Waals surface area contributed by atoms with E-state index in [4.69, 9.17) is 0 Å². The number of hydrogen-bond acceptors (Lipinski definition) is 2. The number of fused-ring (bicyclic) bond motifs is 1. The second-order valence-electron chi connectivity index (χ2n) is 5.55. The Labute approximate surface area is 126 Å². The monoisotopic (exact) mass is 295 g/mol. The predicted molar refractivity (Wildman–Crippen MR) is 83.1 cm³/mol. The zero-order valence-electron chi connectivity index (χ0n) is 11.8. The Morgan fingerprint density at radius 1 is 1.18 bits per heavy atom. The molecule has 110 valence electrons. The topological polar surface area (TPSA) is 49.0 Å². The summed E-state index contributed by atoms with van der Waals surface area (Å²) in [6.07, 6.45) is 2.98. The highest BCUT2D eigenvalue weighted by Crippen LogP contribution is 2.34. The Bertz CT molecular complexity index is 837. The molecule has 4 rings (SSSR count). The second-order valence-corrected chi connectivity index (χ2v) is 5.55. The Morgan fingerprint density at radius 2 is 1.95 bits per heavy atom. The molecule has 5 heteroatoms. The molecule has 0 saturated heterocycles. The molecule has 2 aromatic carbocycles. The third-order valence-electron chi connectivity index (χ3n) is 4.02. The van der Waals surface area contributed by atoms with E-state index in [0.717, 1.165) is 47.1 Å². The highest BCUT2D eigenvalue weighted by molar-refractivity contribution is 5.96. The van der Waals surface area contributed by atoms with Crippen molar-refractivity contribution in [3.63, 3.8) is 0 Å². The number of anilines is 1. The zero-order chi connectivity index (χ0) is 15.1. The summed E-state index contributed by atoms with van der Waals surface area (Å²) in [6.45, 7) is 0. The highest BCUT2D eigenvalue weighted by atomic mass is 19.1. The van der Waals surface area contributed by atoms with Gasteiger partial charge in [-0.25, -0.2) is 4.39 Å². The fourth-order valence-corrected chi connectivity index (χ4v) is 2.70. The van der Waals surface area contributed by atoms with E-state index < -0.39 is 0 Å². The average Bonchev–Trinajstić information content (AvgIpc) is 3.28. The molecule has 1 aromatic heterocycles. The van der Waals surface area contributed by atoms with Crippen LogP contribution in [0.4, 0.5) is 10.1 Å². The summed E-state index contributed by atoms with van der Waals surface area (Å²) in [5.74, 6) is -0.273. The van der Waals surface area contributed by atoms with Crippen LogP contribution < -0.4 is 4.90 Å². The maximum Gasteiger partial charge on any atom is 0.214 e. The molecule has 3 aromatic rings. The Kier molecular flexibility index (Phi) is 2.92. The van der Waals surface area contributed by atoms with Crippen molar-refractivity contribution in [1.82, 2.24) is 10.2 Å². The van der Waals surface area contributed by atoms with Gasteiger partial charge in [0.05, 0.1) is 11.2 Å². The number of amides is 1. The van der Waals surface area contributed by atoms with Crippen molar-refractivity contribution in [2.24, 2.45) is 0 Å². The summed E-state index contributed by atoms with van der Waals surface area (Å²) >= 11 is 0. The molecule has 1 heterocycles. The third kappa shape index (κ3) is 2.15. The first kappa shape index (κ1) is 13.0. The smallest absolute Gasteiger partial charge is 0.214 e. The Morgan fingerprint density at radius 3 is 2.64 bits per heavy atom. The van der Waals surface area contributed by atoms with Crippen LogP contribution in [0, 0.1) is 5.82 Å². The maximum absolute atomic E-state index is 13.1. The van der Waals surface area contributed by atoms with Gasteiger partial charge in [0.1, 0.15) is 5.82 Å². The third-order valence-corrected chi connectivity index (χ3v) is 4.02. The van der Waals surface area contributed by atoms with Gasteiger partial charge in [0, 0.05) is 22.7 Å². The summed E-state index contributed by atoms with van der Waals surface area (Å²) in [7, 11) is 0. The summed E-state index contributed by atoms with van der Waals surface area (Å²) in [5, 5.41) is 8.23. The number of carbonyl (C=O) groups excluding carboxylic acids is 1. The zero-order valence-corrected chi connectivity index (χ0v) is 11.8. The number of H-pyrrole nitrogens is 1. The van der Waals surface area contributed by atoms with E-state index >= 15 is 0 Å². The first-order valence-electron chi connectivity index (χ1n) is 7.24. The van der Waals surface area contributed by atoms with Crippen LogP contribution in [0.5, 0.6) is 0 Å². The van der Waals surface area contributed by atoms with Crippen LogP contribution in [0.3, 0.4) is 0 Å². The standard InChI is InChI=1S/C17H14FN3O/c18-12-3-1-11(2-4-12)17-15-9-14(7-8-16(15)19-20-17)21(10-22)13-5-6-13/h1-4,7-10,13H,5-6H2,(H,19,20). The molecule has 0 radical (unpaired) electrons. The van der Waals surface area contributed by atoms with Gasteiger partial charge in [-0.15, -0.1) is 0 Å². The van der Waals surface area contributed by atoms with E-state index in [1.165, 1.54) is 12.1 Å². The number of aromatic nitrogens is 2. The molecule has 0 aliphatic heterocycles. The fourth-order valence-electron chi connectivity index (χ4n) is 2.70. The molecule has 1 saturated carbocycles. The first-order chi connectivity index (χ1) is 10.8. The van der Waals surface area contributed by atoms with Gasteiger partial charge in [-0.2, -0.15) is 5.10 Å². The van der Waals surface area contributed by atoms with Crippen LogP contribution in [-0.4, -0.2) is 22.6 Å². The number of carbonyl (C=O) groups is 1. The van der Waals surface area contributed by atoms with E-state index in [9.17, 15) is 9.18 Å². The van der Waals surface area contributed by atoms with Crippen LogP contribution in [-0.2, 0) is 4.79 Å². The van der Waals surface area contributed by atoms with Crippen LogP contribution in [0.1, 0.15) is 12.8 Å². The van der Waals surface area contributed by atoms with Gasteiger partial charge < -0.3 is 4.90 Å². The molecule has 4 nitrogen and oxygen atoms in total. The van der Waals surface area contributed by atoms with Crippen molar-refractivity contribution in [3.05, 3.63) is 48.3 Å². The van der Waals surface area contributed by atoms with Crippen LogP contribution >= 0.6 is 0 Å². The van der Waals surface area contributed by atoms with E-state index in [-0.39, 0.29) is 5.82 Å². The largest absolute Gasteiger partial charge is 0.312 e. The number of nitrogens with one attached hydrogen (secondary N) is 1. The maximum atomic E-state index is 13.1. The normalized spacial score (nSPS) is 14.2. The van der Waals surface area contributed by atoms with E-state index in [1.54, 1.807) is 17.0 Å². The minimum Gasteiger partial charge on any atom is -0.312 e. The summed E-state index contributed by atoms with van der Waals surface area (Å²) in [6, 6.07) is 12.4. The highest BCUT2D eigenvalue weighted by Gasteiger charge is 2.29. The number of halogens is 1.